The minimum absolute atomic E-state index is 0.207. The number of carbonyl (C=O) groups is 1. The number of hydrogen-bond donors (Lipinski definition) is 1. The number of furan rings is 1. The number of amides is 1. The molecule has 0 radical (unpaired) electrons. The number of benzene rings is 2. The summed E-state index contributed by atoms with van der Waals surface area (Å²) in [5.74, 6) is 1.07. The molecule has 0 atom stereocenters. The van der Waals surface area contributed by atoms with Crippen LogP contribution in [-0.2, 0) is 13.0 Å². The number of para-hydroxylation sites is 2. The van der Waals surface area contributed by atoms with Gasteiger partial charge in [0.1, 0.15) is 5.82 Å². The van der Waals surface area contributed by atoms with Gasteiger partial charge in [-0.15, -0.1) is 0 Å². The van der Waals surface area contributed by atoms with Crippen LogP contribution in [0.25, 0.3) is 11.0 Å². The van der Waals surface area contributed by atoms with Gasteiger partial charge in [-0.1, -0.05) is 42.0 Å². The third-order valence-corrected chi connectivity index (χ3v) is 4.54. The highest BCUT2D eigenvalue weighted by Crippen LogP contribution is 2.19. The summed E-state index contributed by atoms with van der Waals surface area (Å²) in [6.07, 6.45) is 2.14. The average Bonchev–Trinajstić information content (AvgIpc) is 3.31. The lowest BCUT2D eigenvalue weighted by Gasteiger charge is -2.10. The molecule has 0 aliphatic carbocycles. The predicted molar refractivity (Wildman–Crippen MR) is 105 cm³/mol. The van der Waals surface area contributed by atoms with E-state index in [9.17, 15) is 4.79 Å². The van der Waals surface area contributed by atoms with E-state index in [-0.39, 0.29) is 5.91 Å². The first-order valence-electron chi connectivity index (χ1n) is 9.02. The predicted octanol–water partition coefficient (Wildman–Crippen LogP) is 3.96. The van der Waals surface area contributed by atoms with Gasteiger partial charge in [-0.25, -0.2) is 4.98 Å². The molecule has 2 aromatic heterocycles. The number of nitrogens with zero attached hydrogens (tertiary/aromatic N) is 2. The fourth-order valence-electron chi connectivity index (χ4n) is 3.27. The third-order valence-electron chi connectivity index (χ3n) is 4.54. The molecule has 0 fully saturated rings. The Morgan fingerprint density at radius 1 is 1.11 bits per heavy atom. The molecule has 2 aromatic carbocycles. The maximum Gasteiger partial charge on any atom is 0.286 e. The average molecular weight is 359 g/mol. The molecular weight excluding hydrogens is 338 g/mol. The van der Waals surface area contributed by atoms with Gasteiger partial charge < -0.3 is 14.3 Å². The van der Waals surface area contributed by atoms with Gasteiger partial charge in [0, 0.05) is 19.5 Å². The van der Waals surface area contributed by atoms with Crippen LogP contribution in [0.15, 0.2) is 71.3 Å². The largest absolute Gasteiger partial charge is 0.459 e. The van der Waals surface area contributed by atoms with Gasteiger partial charge in [0.25, 0.3) is 5.91 Å². The van der Waals surface area contributed by atoms with E-state index in [1.165, 1.54) is 17.4 Å². The van der Waals surface area contributed by atoms with Crippen LogP contribution in [0.3, 0.4) is 0 Å². The lowest BCUT2D eigenvalue weighted by atomic mass is 10.1. The minimum Gasteiger partial charge on any atom is -0.459 e. The van der Waals surface area contributed by atoms with Gasteiger partial charge in [0.2, 0.25) is 0 Å². The first-order valence-corrected chi connectivity index (χ1v) is 9.02. The number of rotatable bonds is 6. The Morgan fingerprint density at radius 2 is 2.00 bits per heavy atom. The van der Waals surface area contributed by atoms with Gasteiger partial charge >= 0.3 is 0 Å². The fraction of sp³-hybridized carbons (Fsp3) is 0.182. The van der Waals surface area contributed by atoms with E-state index in [1.807, 2.05) is 18.2 Å². The summed E-state index contributed by atoms with van der Waals surface area (Å²) < 4.78 is 7.35. The summed E-state index contributed by atoms with van der Waals surface area (Å²) in [7, 11) is 0. The lowest BCUT2D eigenvalue weighted by molar-refractivity contribution is 0.0926. The van der Waals surface area contributed by atoms with Crippen molar-refractivity contribution in [3.63, 3.8) is 0 Å². The van der Waals surface area contributed by atoms with Crippen molar-refractivity contribution in [1.82, 2.24) is 14.9 Å². The Morgan fingerprint density at radius 3 is 2.81 bits per heavy atom. The van der Waals surface area contributed by atoms with Crippen LogP contribution in [0.1, 0.15) is 27.5 Å². The van der Waals surface area contributed by atoms with Crippen molar-refractivity contribution in [3.8, 4) is 0 Å². The summed E-state index contributed by atoms with van der Waals surface area (Å²) in [5, 5.41) is 2.89. The molecule has 0 saturated carbocycles. The number of hydrogen-bond acceptors (Lipinski definition) is 3. The zero-order chi connectivity index (χ0) is 18.6. The molecule has 0 bridgehead atoms. The maximum absolute atomic E-state index is 12.0. The molecule has 1 amide bonds. The molecule has 5 nitrogen and oxygen atoms in total. The number of imidazole rings is 1. The van der Waals surface area contributed by atoms with Crippen molar-refractivity contribution in [2.24, 2.45) is 0 Å². The van der Waals surface area contributed by atoms with Crippen LogP contribution >= 0.6 is 0 Å². The van der Waals surface area contributed by atoms with E-state index >= 15 is 0 Å². The van der Waals surface area contributed by atoms with E-state index in [0.29, 0.717) is 18.7 Å². The normalized spacial score (nSPS) is 11.0. The van der Waals surface area contributed by atoms with Crippen molar-refractivity contribution in [1.29, 1.82) is 0 Å². The summed E-state index contributed by atoms with van der Waals surface area (Å²) in [5.41, 5.74) is 4.55. The number of aromatic nitrogens is 2. The molecule has 0 unspecified atom stereocenters. The number of carbonyl (C=O) groups excluding carboxylic acids is 1. The van der Waals surface area contributed by atoms with E-state index < -0.39 is 0 Å². The van der Waals surface area contributed by atoms with Crippen molar-refractivity contribution < 1.29 is 9.21 Å². The summed E-state index contributed by atoms with van der Waals surface area (Å²) >= 11 is 0. The van der Waals surface area contributed by atoms with Crippen LogP contribution in [0.2, 0.25) is 0 Å². The second-order valence-corrected chi connectivity index (χ2v) is 6.58. The van der Waals surface area contributed by atoms with E-state index in [4.69, 9.17) is 9.40 Å². The van der Waals surface area contributed by atoms with Crippen molar-refractivity contribution in [3.05, 3.63) is 89.6 Å². The monoisotopic (exact) mass is 359 g/mol. The highest BCUT2D eigenvalue weighted by molar-refractivity contribution is 5.91. The molecule has 0 spiro atoms. The molecule has 5 heteroatoms. The summed E-state index contributed by atoms with van der Waals surface area (Å²) in [4.78, 5) is 16.8. The second-order valence-electron chi connectivity index (χ2n) is 6.58. The molecule has 27 heavy (non-hydrogen) atoms. The summed E-state index contributed by atoms with van der Waals surface area (Å²) in [6.45, 7) is 3.35. The smallest absolute Gasteiger partial charge is 0.286 e. The second kappa shape index (κ2) is 7.50. The summed E-state index contributed by atoms with van der Waals surface area (Å²) in [6, 6.07) is 20.0. The fourth-order valence-corrected chi connectivity index (χ4v) is 3.27. The third kappa shape index (κ3) is 3.77. The van der Waals surface area contributed by atoms with E-state index in [1.54, 1.807) is 12.1 Å². The lowest BCUT2D eigenvalue weighted by Crippen LogP contribution is -2.26. The Balaban J connectivity index is 1.55. The van der Waals surface area contributed by atoms with Gasteiger partial charge in [0.15, 0.2) is 5.76 Å². The highest BCUT2D eigenvalue weighted by atomic mass is 16.3. The quantitative estimate of drug-likeness (QED) is 0.567. The van der Waals surface area contributed by atoms with E-state index in [0.717, 1.165) is 23.4 Å². The van der Waals surface area contributed by atoms with Crippen molar-refractivity contribution >= 4 is 16.9 Å². The van der Waals surface area contributed by atoms with Crippen molar-refractivity contribution in [2.75, 3.05) is 6.54 Å². The van der Waals surface area contributed by atoms with Crippen LogP contribution in [-0.4, -0.2) is 22.0 Å². The molecule has 136 valence electrons. The molecule has 0 aliphatic rings. The van der Waals surface area contributed by atoms with Crippen LogP contribution in [0.5, 0.6) is 0 Å². The van der Waals surface area contributed by atoms with Crippen molar-refractivity contribution in [2.45, 2.75) is 19.9 Å². The molecule has 4 aromatic rings. The Kier molecular flexibility index (Phi) is 4.75. The number of nitrogens with one attached hydrogen (secondary N) is 1. The SMILES string of the molecule is Cc1cccc(Cn2c(CCNC(=O)c3ccco3)nc3ccccc32)c1. The van der Waals surface area contributed by atoms with Crippen LogP contribution in [0, 0.1) is 6.92 Å². The zero-order valence-corrected chi connectivity index (χ0v) is 15.2. The van der Waals surface area contributed by atoms with Gasteiger partial charge in [-0.3, -0.25) is 4.79 Å². The molecule has 0 saturated heterocycles. The molecule has 2 heterocycles. The van der Waals surface area contributed by atoms with Gasteiger partial charge in [-0.05, 0) is 36.8 Å². The molecular formula is C22H21N3O2. The van der Waals surface area contributed by atoms with E-state index in [2.05, 4.69) is 47.1 Å². The van der Waals surface area contributed by atoms with Crippen LogP contribution < -0.4 is 5.32 Å². The topological polar surface area (TPSA) is 60.1 Å². The van der Waals surface area contributed by atoms with Crippen LogP contribution in [0.4, 0.5) is 0 Å². The first-order chi connectivity index (χ1) is 13.2. The zero-order valence-electron chi connectivity index (χ0n) is 15.2. The minimum atomic E-state index is -0.207. The highest BCUT2D eigenvalue weighted by Gasteiger charge is 2.12. The molecule has 0 aliphatic heterocycles. The first kappa shape index (κ1) is 17.1. The van der Waals surface area contributed by atoms with Gasteiger partial charge in [0.05, 0.1) is 17.3 Å². The Bertz CT molecular complexity index is 1060. The molecule has 1 N–H and O–H groups in total. The Hall–Kier alpha value is -3.34. The standard InChI is InChI=1S/C22H21N3O2/c1-16-6-4-7-17(14-16)15-25-19-9-3-2-8-18(19)24-21(25)11-12-23-22(26)20-10-5-13-27-20/h2-10,13-14H,11-12,15H2,1H3,(H,23,26). The Labute approximate surface area is 157 Å². The van der Waals surface area contributed by atoms with Gasteiger partial charge in [-0.2, -0.15) is 0 Å². The number of aryl methyl sites for hydroxylation is 1. The number of fused-ring (bicyclic) bond motifs is 1. The molecule has 4 rings (SSSR count). The maximum atomic E-state index is 12.0.